The summed E-state index contributed by atoms with van der Waals surface area (Å²) in [4.78, 5) is 35.7. The molecule has 0 saturated carbocycles. The third-order valence-corrected chi connectivity index (χ3v) is 5.15. The number of nitrogens with one attached hydrogen (secondary N) is 3. The Bertz CT molecular complexity index is 741. The highest BCUT2D eigenvalue weighted by molar-refractivity contribution is 5.83. The second kappa shape index (κ2) is 11.7. The van der Waals surface area contributed by atoms with Crippen molar-refractivity contribution in [3.8, 4) is 0 Å². The van der Waals surface area contributed by atoms with Gasteiger partial charge in [0.25, 0.3) is 5.91 Å². The molecule has 6 unspecified atom stereocenters. The second-order valence-corrected chi connectivity index (χ2v) is 7.44. The third-order valence-electron chi connectivity index (χ3n) is 5.15. The standard InChI is InChI=1S/C20H29N3O8/c24-10-14(23-19(30)12-7-4-8-21-12)16(27)17(28)18(29)20(31)22-13(9-15(25)26)11-5-2-1-3-6-11/h1-3,5-6,12-14,16-18,21,24,27-29H,4,7-10H2,(H,22,31)(H,23,30)(H,25,26). The summed E-state index contributed by atoms with van der Waals surface area (Å²) in [6.45, 7) is -0.0818. The van der Waals surface area contributed by atoms with Crippen molar-refractivity contribution in [1.29, 1.82) is 0 Å². The summed E-state index contributed by atoms with van der Waals surface area (Å²) in [7, 11) is 0. The number of hydrogen-bond acceptors (Lipinski definition) is 8. The molecule has 1 fully saturated rings. The van der Waals surface area contributed by atoms with Crippen molar-refractivity contribution >= 4 is 17.8 Å². The zero-order valence-corrected chi connectivity index (χ0v) is 16.8. The topological polar surface area (TPSA) is 188 Å². The molecule has 31 heavy (non-hydrogen) atoms. The quantitative estimate of drug-likeness (QED) is 0.186. The Balaban J connectivity index is 2.01. The van der Waals surface area contributed by atoms with E-state index in [1.807, 2.05) is 0 Å². The molecule has 0 aromatic heterocycles. The van der Waals surface area contributed by atoms with Crippen LogP contribution in [0.15, 0.2) is 30.3 Å². The minimum absolute atomic E-state index is 0.467. The number of aliphatic hydroxyl groups excluding tert-OH is 4. The fourth-order valence-electron chi connectivity index (χ4n) is 3.38. The Morgan fingerprint density at radius 1 is 1.06 bits per heavy atom. The van der Waals surface area contributed by atoms with Gasteiger partial charge in [-0.3, -0.25) is 14.4 Å². The van der Waals surface area contributed by atoms with E-state index in [0.717, 1.165) is 6.42 Å². The molecule has 172 valence electrons. The Hall–Kier alpha value is -2.57. The number of aliphatic hydroxyl groups is 4. The molecule has 1 aliphatic rings. The summed E-state index contributed by atoms with van der Waals surface area (Å²) >= 11 is 0. The first kappa shape index (κ1) is 24.7. The van der Waals surface area contributed by atoms with Gasteiger partial charge < -0.3 is 41.5 Å². The number of benzene rings is 1. The predicted octanol–water partition coefficient (Wildman–Crippen LogP) is -2.37. The molecule has 0 bridgehead atoms. The number of aliphatic carboxylic acids is 1. The molecule has 6 atom stereocenters. The van der Waals surface area contributed by atoms with E-state index in [9.17, 15) is 34.8 Å². The van der Waals surface area contributed by atoms with Gasteiger partial charge >= 0.3 is 5.97 Å². The molecule has 1 aromatic rings. The zero-order chi connectivity index (χ0) is 23.0. The van der Waals surface area contributed by atoms with Gasteiger partial charge in [-0.1, -0.05) is 30.3 Å². The summed E-state index contributed by atoms with van der Waals surface area (Å²) in [6, 6.07) is 5.41. The molecule has 0 aliphatic carbocycles. The molecule has 0 radical (unpaired) electrons. The number of amides is 2. The van der Waals surface area contributed by atoms with Crippen LogP contribution in [-0.4, -0.2) is 86.9 Å². The van der Waals surface area contributed by atoms with E-state index >= 15 is 0 Å². The summed E-state index contributed by atoms with van der Waals surface area (Å²) in [5.74, 6) is -2.78. The van der Waals surface area contributed by atoms with Crippen LogP contribution in [-0.2, 0) is 14.4 Å². The maximum Gasteiger partial charge on any atom is 0.305 e. The van der Waals surface area contributed by atoms with Crippen LogP contribution in [0.4, 0.5) is 0 Å². The Morgan fingerprint density at radius 2 is 1.74 bits per heavy atom. The molecule has 8 N–H and O–H groups in total. The molecule has 1 heterocycles. The van der Waals surface area contributed by atoms with E-state index in [2.05, 4.69) is 16.0 Å². The van der Waals surface area contributed by atoms with Crippen LogP contribution >= 0.6 is 0 Å². The van der Waals surface area contributed by atoms with Crippen molar-refractivity contribution in [1.82, 2.24) is 16.0 Å². The number of carbonyl (C=O) groups is 3. The van der Waals surface area contributed by atoms with Crippen LogP contribution in [0.1, 0.15) is 30.9 Å². The van der Waals surface area contributed by atoms with Crippen molar-refractivity contribution in [2.45, 2.75) is 55.7 Å². The van der Waals surface area contributed by atoms with E-state index in [4.69, 9.17) is 5.11 Å². The van der Waals surface area contributed by atoms with E-state index in [0.29, 0.717) is 18.5 Å². The predicted molar refractivity (Wildman–Crippen MR) is 108 cm³/mol. The maximum atomic E-state index is 12.4. The highest BCUT2D eigenvalue weighted by Crippen LogP contribution is 2.17. The van der Waals surface area contributed by atoms with Crippen LogP contribution in [0.25, 0.3) is 0 Å². The number of carboxylic acid groups (broad SMARTS) is 1. The first-order valence-electron chi connectivity index (χ1n) is 10.0. The van der Waals surface area contributed by atoms with Crippen LogP contribution in [0.3, 0.4) is 0 Å². The average molecular weight is 439 g/mol. The Morgan fingerprint density at radius 3 is 2.29 bits per heavy atom. The van der Waals surface area contributed by atoms with Crippen LogP contribution in [0.2, 0.25) is 0 Å². The van der Waals surface area contributed by atoms with E-state index in [1.54, 1.807) is 30.3 Å². The molecule has 0 spiro atoms. The number of carbonyl (C=O) groups excluding carboxylic acids is 2. The molecule has 11 nitrogen and oxygen atoms in total. The lowest BCUT2D eigenvalue weighted by Gasteiger charge is -2.30. The van der Waals surface area contributed by atoms with Crippen LogP contribution in [0, 0.1) is 0 Å². The van der Waals surface area contributed by atoms with Crippen molar-refractivity contribution in [3.05, 3.63) is 35.9 Å². The summed E-state index contributed by atoms with van der Waals surface area (Å²) in [6.07, 6.45) is -5.13. The van der Waals surface area contributed by atoms with E-state index in [-0.39, 0.29) is 0 Å². The van der Waals surface area contributed by atoms with Gasteiger partial charge in [0.2, 0.25) is 5.91 Å². The van der Waals surface area contributed by atoms with Gasteiger partial charge in [-0.25, -0.2) is 0 Å². The molecule has 2 rings (SSSR count). The van der Waals surface area contributed by atoms with E-state index in [1.165, 1.54) is 0 Å². The lowest BCUT2D eigenvalue weighted by Crippen LogP contribution is -2.58. The van der Waals surface area contributed by atoms with Gasteiger partial charge in [-0.05, 0) is 24.9 Å². The largest absolute Gasteiger partial charge is 0.481 e. The Labute approximate surface area is 179 Å². The summed E-state index contributed by atoms with van der Waals surface area (Å²) in [5, 5.41) is 57.0. The highest BCUT2D eigenvalue weighted by atomic mass is 16.4. The van der Waals surface area contributed by atoms with Crippen molar-refractivity contribution in [2.75, 3.05) is 13.2 Å². The van der Waals surface area contributed by atoms with E-state index < -0.39 is 67.2 Å². The zero-order valence-electron chi connectivity index (χ0n) is 16.8. The summed E-state index contributed by atoms with van der Waals surface area (Å²) in [5.41, 5.74) is 0.477. The normalized spacial score (nSPS) is 20.8. The van der Waals surface area contributed by atoms with Gasteiger partial charge in [-0.2, -0.15) is 0 Å². The smallest absolute Gasteiger partial charge is 0.305 e. The van der Waals surface area contributed by atoms with Crippen molar-refractivity contribution in [2.24, 2.45) is 0 Å². The van der Waals surface area contributed by atoms with Gasteiger partial charge in [0.1, 0.15) is 12.2 Å². The SMILES string of the molecule is O=C(O)CC(NC(=O)C(O)C(O)C(O)C(CO)NC(=O)C1CCCN1)c1ccccc1. The lowest BCUT2D eigenvalue weighted by molar-refractivity contribution is -0.145. The van der Waals surface area contributed by atoms with Gasteiger partial charge in [-0.15, -0.1) is 0 Å². The number of carboxylic acids is 1. The minimum Gasteiger partial charge on any atom is -0.481 e. The van der Waals surface area contributed by atoms with Crippen LogP contribution in [0.5, 0.6) is 0 Å². The molecular weight excluding hydrogens is 410 g/mol. The first-order chi connectivity index (χ1) is 14.7. The van der Waals surface area contributed by atoms with Gasteiger partial charge in [0.15, 0.2) is 6.10 Å². The fourth-order valence-corrected chi connectivity index (χ4v) is 3.38. The lowest BCUT2D eigenvalue weighted by atomic mass is 9.99. The maximum absolute atomic E-state index is 12.4. The van der Waals surface area contributed by atoms with Crippen molar-refractivity contribution < 1.29 is 39.9 Å². The summed E-state index contributed by atoms with van der Waals surface area (Å²) < 4.78 is 0. The monoisotopic (exact) mass is 439 g/mol. The van der Waals surface area contributed by atoms with Gasteiger partial charge in [0.05, 0.1) is 31.2 Å². The van der Waals surface area contributed by atoms with Crippen LogP contribution < -0.4 is 16.0 Å². The molecule has 1 aliphatic heterocycles. The first-order valence-corrected chi connectivity index (χ1v) is 10.0. The molecule has 2 amide bonds. The average Bonchev–Trinajstić information content (AvgIpc) is 3.30. The molecular formula is C20H29N3O8. The van der Waals surface area contributed by atoms with Gasteiger partial charge in [0, 0.05) is 0 Å². The Kier molecular flexibility index (Phi) is 9.34. The molecule has 1 aromatic carbocycles. The number of rotatable bonds is 11. The van der Waals surface area contributed by atoms with Crippen molar-refractivity contribution in [3.63, 3.8) is 0 Å². The molecule has 11 heteroatoms. The second-order valence-electron chi connectivity index (χ2n) is 7.44. The third kappa shape index (κ3) is 6.97. The fraction of sp³-hybridized carbons (Fsp3) is 0.550. The molecule has 1 saturated heterocycles. The minimum atomic E-state index is -2.13. The highest BCUT2D eigenvalue weighted by Gasteiger charge is 2.37. The number of hydrogen-bond donors (Lipinski definition) is 8.